The topological polar surface area (TPSA) is 115 Å². The quantitative estimate of drug-likeness (QED) is 0.479. The van der Waals surface area contributed by atoms with Gasteiger partial charge in [0, 0.05) is 18.0 Å². The number of nitrogens with zero attached hydrogens (tertiary/aromatic N) is 5. The minimum Gasteiger partial charge on any atom is -0.271 e. The fourth-order valence-electron chi connectivity index (χ4n) is 1.35. The lowest BCUT2D eigenvalue weighted by Gasteiger charge is -1.99. The van der Waals surface area contributed by atoms with Gasteiger partial charge in [-0.05, 0) is 6.07 Å². The molecule has 2 aromatic rings. The third-order valence-electron chi connectivity index (χ3n) is 2.22. The maximum Gasteiger partial charge on any atom is 0.307 e. The van der Waals surface area contributed by atoms with Crippen molar-refractivity contribution in [3.05, 3.63) is 52.6 Å². The van der Waals surface area contributed by atoms with E-state index in [9.17, 15) is 14.9 Å². The van der Waals surface area contributed by atoms with Crippen LogP contribution in [0.25, 0.3) is 0 Å². The average molecular weight is 274 g/mol. The molecule has 0 aliphatic carbocycles. The summed E-state index contributed by atoms with van der Waals surface area (Å²) >= 11 is 0. The van der Waals surface area contributed by atoms with E-state index in [-0.39, 0.29) is 12.2 Å². The summed E-state index contributed by atoms with van der Waals surface area (Å²) in [6.07, 6.45) is 6.90. The van der Waals surface area contributed by atoms with E-state index < -0.39 is 10.8 Å². The summed E-state index contributed by atoms with van der Waals surface area (Å²) < 4.78 is 1.16. The summed E-state index contributed by atoms with van der Waals surface area (Å²) in [7, 11) is 0. The molecule has 0 atom stereocenters. The molecule has 1 N–H and O–H groups in total. The zero-order valence-electron chi connectivity index (χ0n) is 10.2. The molecule has 0 saturated heterocycles. The molecule has 2 heterocycles. The molecule has 2 aromatic heterocycles. The van der Waals surface area contributed by atoms with Crippen LogP contribution in [0.2, 0.25) is 0 Å². The first-order valence-corrected chi connectivity index (χ1v) is 5.54. The van der Waals surface area contributed by atoms with Crippen molar-refractivity contribution in [1.82, 2.24) is 20.2 Å². The van der Waals surface area contributed by atoms with E-state index >= 15 is 0 Å². The van der Waals surface area contributed by atoms with Crippen LogP contribution in [-0.4, -0.2) is 31.8 Å². The van der Waals surface area contributed by atoms with Crippen molar-refractivity contribution in [2.45, 2.75) is 6.54 Å². The van der Waals surface area contributed by atoms with Crippen molar-refractivity contribution < 1.29 is 9.72 Å². The Balaban J connectivity index is 1.86. The largest absolute Gasteiger partial charge is 0.307 e. The molecular weight excluding hydrogens is 264 g/mol. The molecule has 102 valence electrons. The minimum atomic E-state index is -0.581. The van der Waals surface area contributed by atoms with Crippen molar-refractivity contribution >= 4 is 17.8 Å². The standard InChI is InChI=1S/C11H10N6O3/c18-11(8-16-7-10(6-14-16)17(19)20)15-13-5-9-2-1-3-12-4-9/h1-7H,8H2,(H,15,18)/b13-5+. The third-order valence-corrected chi connectivity index (χ3v) is 2.22. The predicted octanol–water partition coefficient (Wildman–Crippen LogP) is 0.337. The van der Waals surface area contributed by atoms with Crippen LogP contribution >= 0.6 is 0 Å². The fourth-order valence-corrected chi connectivity index (χ4v) is 1.35. The molecule has 2 rings (SSSR count). The zero-order valence-corrected chi connectivity index (χ0v) is 10.2. The summed E-state index contributed by atoms with van der Waals surface area (Å²) in [4.78, 5) is 25.3. The highest BCUT2D eigenvalue weighted by molar-refractivity contribution is 5.81. The van der Waals surface area contributed by atoms with Gasteiger partial charge in [0.25, 0.3) is 5.91 Å². The molecule has 0 aliphatic heterocycles. The SMILES string of the molecule is O=C(Cn1cc([N+](=O)[O-])cn1)N/N=C/c1cccnc1. The van der Waals surface area contributed by atoms with Gasteiger partial charge in [-0.2, -0.15) is 10.2 Å². The molecule has 0 unspecified atom stereocenters. The highest BCUT2D eigenvalue weighted by atomic mass is 16.6. The smallest absolute Gasteiger partial charge is 0.271 e. The van der Waals surface area contributed by atoms with Crippen molar-refractivity contribution in [2.75, 3.05) is 0 Å². The van der Waals surface area contributed by atoms with E-state index in [0.717, 1.165) is 16.4 Å². The number of nitrogens with one attached hydrogen (secondary N) is 1. The van der Waals surface area contributed by atoms with Gasteiger partial charge < -0.3 is 0 Å². The first kappa shape index (κ1) is 13.3. The molecule has 0 radical (unpaired) electrons. The van der Waals surface area contributed by atoms with Crippen molar-refractivity contribution in [3.8, 4) is 0 Å². The fraction of sp³-hybridized carbons (Fsp3) is 0.0909. The molecule has 0 fully saturated rings. The Kier molecular flexibility index (Phi) is 4.12. The van der Waals surface area contributed by atoms with E-state index in [1.54, 1.807) is 24.5 Å². The summed E-state index contributed by atoms with van der Waals surface area (Å²) in [5, 5.41) is 17.9. The van der Waals surface area contributed by atoms with Crippen LogP contribution in [0.15, 0.2) is 42.0 Å². The summed E-state index contributed by atoms with van der Waals surface area (Å²) in [6, 6.07) is 3.52. The molecular formula is C11H10N6O3. The Hall–Kier alpha value is -3.10. The summed E-state index contributed by atoms with van der Waals surface area (Å²) in [6.45, 7) is -0.155. The maximum absolute atomic E-state index is 11.5. The number of carbonyl (C=O) groups excluding carboxylic acids is 1. The molecule has 9 heteroatoms. The van der Waals surface area contributed by atoms with Gasteiger partial charge in [-0.25, -0.2) is 5.43 Å². The number of amides is 1. The van der Waals surface area contributed by atoms with E-state index in [2.05, 4.69) is 20.6 Å². The van der Waals surface area contributed by atoms with Gasteiger partial charge in [-0.1, -0.05) is 6.07 Å². The van der Waals surface area contributed by atoms with Crippen molar-refractivity contribution in [1.29, 1.82) is 0 Å². The van der Waals surface area contributed by atoms with Gasteiger partial charge in [0.15, 0.2) is 0 Å². The van der Waals surface area contributed by atoms with E-state index in [4.69, 9.17) is 0 Å². The highest BCUT2D eigenvalue weighted by Crippen LogP contribution is 2.07. The van der Waals surface area contributed by atoms with E-state index in [0.29, 0.717) is 0 Å². The Morgan fingerprint density at radius 1 is 1.55 bits per heavy atom. The highest BCUT2D eigenvalue weighted by Gasteiger charge is 2.10. The number of carbonyl (C=O) groups is 1. The second kappa shape index (κ2) is 6.18. The molecule has 0 spiro atoms. The third kappa shape index (κ3) is 3.70. The Morgan fingerprint density at radius 2 is 2.40 bits per heavy atom. The van der Waals surface area contributed by atoms with Crippen LogP contribution in [-0.2, 0) is 11.3 Å². The number of hydrogen-bond donors (Lipinski definition) is 1. The second-order valence-electron chi connectivity index (χ2n) is 3.73. The molecule has 0 aliphatic rings. The number of hydrazone groups is 1. The van der Waals surface area contributed by atoms with Crippen LogP contribution in [0, 0.1) is 10.1 Å². The maximum atomic E-state index is 11.5. The lowest BCUT2D eigenvalue weighted by atomic mass is 10.3. The van der Waals surface area contributed by atoms with E-state index in [1.807, 2.05) is 0 Å². The van der Waals surface area contributed by atoms with Gasteiger partial charge in [-0.15, -0.1) is 0 Å². The molecule has 0 bridgehead atoms. The van der Waals surface area contributed by atoms with Crippen LogP contribution < -0.4 is 5.43 Å². The van der Waals surface area contributed by atoms with Gasteiger partial charge in [0.1, 0.15) is 18.9 Å². The Bertz CT molecular complexity index is 637. The molecule has 20 heavy (non-hydrogen) atoms. The lowest BCUT2D eigenvalue weighted by Crippen LogP contribution is -2.23. The van der Waals surface area contributed by atoms with Crippen LogP contribution in [0.4, 0.5) is 5.69 Å². The van der Waals surface area contributed by atoms with Gasteiger partial charge in [0.05, 0.1) is 11.1 Å². The molecule has 9 nitrogen and oxygen atoms in total. The lowest BCUT2D eigenvalue weighted by molar-refractivity contribution is -0.385. The van der Waals surface area contributed by atoms with Crippen molar-refractivity contribution in [2.24, 2.45) is 5.10 Å². The first-order valence-electron chi connectivity index (χ1n) is 5.54. The predicted molar refractivity (Wildman–Crippen MR) is 68.9 cm³/mol. The van der Waals surface area contributed by atoms with Crippen molar-refractivity contribution in [3.63, 3.8) is 0 Å². The molecule has 0 saturated carbocycles. The minimum absolute atomic E-state index is 0.155. The van der Waals surface area contributed by atoms with E-state index in [1.165, 1.54) is 12.4 Å². The number of pyridine rings is 1. The summed E-state index contributed by atoms with van der Waals surface area (Å²) in [5.74, 6) is -0.442. The zero-order chi connectivity index (χ0) is 14.4. The number of rotatable bonds is 5. The summed E-state index contributed by atoms with van der Waals surface area (Å²) in [5.41, 5.74) is 2.86. The normalized spacial score (nSPS) is 10.6. The molecule has 0 aromatic carbocycles. The monoisotopic (exact) mass is 274 g/mol. The first-order chi connectivity index (χ1) is 9.65. The van der Waals surface area contributed by atoms with Crippen LogP contribution in [0.5, 0.6) is 0 Å². The van der Waals surface area contributed by atoms with Crippen LogP contribution in [0.1, 0.15) is 5.56 Å². The Labute approximate surface area is 113 Å². The second-order valence-corrected chi connectivity index (χ2v) is 3.73. The number of aromatic nitrogens is 3. The Morgan fingerprint density at radius 3 is 3.05 bits per heavy atom. The number of nitro groups is 1. The van der Waals surface area contributed by atoms with Crippen LogP contribution in [0.3, 0.4) is 0 Å². The van der Waals surface area contributed by atoms with Gasteiger partial charge in [0.2, 0.25) is 0 Å². The average Bonchev–Trinajstić information content (AvgIpc) is 2.88. The van der Waals surface area contributed by atoms with Gasteiger partial charge in [-0.3, -0.25) is 24.6 Å². The molecule has 1 amide bonds. The van der Waals surface area contributed by atoms with Gasteiger partial charge >= 0.3 is 5.69 Å². The number of hydrogen-bond acceptors (Lipinski definition) is 6.